The smallest absolute Gasteiger partial charge is 0.338 e. The number of anilines is 1. The lowest BCUT2D eigenvalue weighted by Gasteiger charge is -2.22. The summed E-state index contributed by atoms with van der Waals surface area (Å²) in [5.74, 6) is -0.683. The second-order valence-electron chi connectivity index (χ2n) is 7.47. The Bertz CT molecular complexity index is 1060. The molecule has 0 spiro atoms. The van der Waals surface area contributed by atoms with E-state index in [2.05, 4.69) is 21.8 Å². The number of halogens is 1. The first kappa shape index (κ1) is 20.3. The van der Waals surface area contributed by atoms with Crippen LogP contribution in [0.3, 0.4) is 0 Å². The van der Waals surface area contributed by atoms with E-state index in [4.69, 9.17) is 4.74 Å². The molecular weight excluding hydrogens is 387 g/mol. The summed E-state index contributed by atoms with van der Waals surface area (Å²) in [4.78, 5) is 22.7. The first-order valence-electron chi connectivity index (χ1n) is 10.2. The Hall–Kier alpha value is -3.00. The zero-order chi connectivity index (χ0) is 21.3. The average molecular weight is 412 g/mol. The van der Waals surface area contributed by atoms with Crippen LogP contribution in [0.4, 0.5) is 10.2 Å². The quantitative estimate of drug-likeness (QED) is 0.592. The Kier molecular flexibility index (Phi) is 5.67. The Balaban J connectivity index is 1.77. The van der Waals surface area contributed by atoms with Crippen molar-refractivity contribution in [2.45, 2.75) is 39.3 Å². The minimum Gasteiger partial charge on any atom is -0.478 e. The summed E-state index contributed by atoms with van der Waals surface area (Å²) in [7, 11) is 0. The Morgan fingerprint density at radius 2 is 2.17 bits per heavy atom. The maximum Gasteiger partial charge on any atom is 0.338 e. The van der Waals surface area contributed by atoms with E-state index in [9.17, 15) is 14.3 Å². The highest BCUT2D eigenvalue weighted by Gasteiger charge is 2.23. The number of fused-ring (bicyclic) bond motifs is 1. The molecule has 3 heterocycles. The van der Waals surface area contributed by atoms with Crippen LogP contribution in [0.1, 0.15) is 37.0 Å². The fraction of sp³-hybridized carbons (Fsp3) is 0.409. The molecule has 1 aliphatic rings. The predicted octanol–water partition coefficient (Wildman–Crippen LogP) is 3.96. The zero-order valence-corrected chi connectivity index (χ0v) is 17.1. The highest BCUT2D eigenvalue weighted by Crippen LogP contribution is 2.30. The number of aromatic carboxylic acids is 1. The molecule has 30 heavy (non-hydrogen) atoms. The van der Waals surface area contributed by atoms with Crippen molar-refractivity contribution in [2.75, 3.05) is 24.7 Å². The molecule has 2 aromatic heterocycles. The fourth-order valence-electron chi connectivity index (χ4n) is 4.03. The lowest BCUT2D eigenvalue weighted by molar-refractivity contribution is 0.0692. The molecule has 7 nitrogen and oxygen atoms in total. The SMILES string of the molecule is CCOCCn1c(-c2ccc(N3CCCC3C)nc2)nc2c(F)c(C(=O)O)ccc21. The van der Waals surface area contributed by atoms with Gasteiger partial charge in [-0.25, -0.2) is 19.2 Å². The van der Waals surface area contributed by atoms with Gasteiger partial charge in [-0.05, 0) is 51.0 Å². The second-order valence-corrected chi connectivity index (χ2v) is 7.47. The summed E-state index contributed by atoms with van der Waals surface area (Å²) in [6.45, 7) is 6.57. The molecule has 1 atom stereocenters. The van der Waals surface area contributed by atoms with Crippen molar-refractivity contribution in [1.82, 2.24) is 14.5 Å². The summed E-state index contributed by atoms with van der Waals surface area (Å²) < 4.78 is 22.2. The van der Waals surface area contributed by atoms with Gasteiger partial charge in [0.15, 0.2) is 5.82 Å². The highest BCUT2D eigenvalue weighted by molar-refractivity contribution is 5.94. The molecule has 1 N–H and O–H groups in total. The van der Waals surface area contributed by atoms with Crippen LogP contribution in [0.5, 0.6) is 0 Å². The van der Waals surface area contributed by atoms with Gasteiger partial charge in [0, 0.05) is 37.5 Å². The molecule has 0 amide bonds. The Morgan fingerprint density at radius 1 is 1.33 bits per heavy atom. The average Bonchev–Trinajstić information content (AvgIpc) is 3.33. The second kappa shape index (κ2) is 8.39. The number of aromatic nitrogens is 3. The van der Waals surface area contributed by atoms with Crippen LogP contribution >= 0.6 is 0 Å². The van der Waals surface area contributed by atoms with Crippen LogP contribution in [0.15, 0.2) is 30.5 Å². The number of ether oxygens (including phenoxy) is 1. The molecule has 1 aliphatic heterocycles. The van der Waals surface area contributed by atoms with E-state index >= 15 is 0 Å². The number of carboxylic acids is 1. The zero-order valence-electron chi connectivity index (χ0n) is 17.1. The minimum atomic E-state index is -1.31. The number of hydrogen-bond donors (Lipinski definition) is 1. The van der Waals surface area contributed by atoms with Gasteiger partial charge in [-0.2, -0.15) is 0 Å². The Labute approximate surface area is 174 Å². The van der Waals surface area contributed by atoms with E-state index in [1.807, 2.05) is 23.6 Å². The maximum absolute atomic E-state index is 14.8. The molecule has 0 radical (unpaired) electrons. The number of carbonyl (C=O) groups is 1. The first-order chi connectivity index (χ1) is 14.5. The van der Waals surface area contributed by atoms with Gasteiger partial charge < -0.3 is 19.3 Å². The fourth-order valence-corrected chi connectivity index (χ4v) is 4.03. The van der Waals surface area contributed by atoms with Crippen LogP contribution < -0.4 is 4.90 Å². The third kappa shape index (κ3) is 3.63. The molecule has 3 aromatic rings. The number of hydrogen-bond acceptors (Lipinski definition) is 5. The van der Waals surface area contributed by atoms with Crippen molar-refractivity contribution in [3.8, 4) is 11.4 Å². The number of carboxylic acid groups (broad SMARTS) is 1. The monoisotopic (exact) mass is 412 g/mol. The number of benzene rings is 1. The summed E-state index contributed by atoms with van der Waals surface area (Å²) in [6.07, 6.45) is 4.06. The van der Waals surface area contributed by atoms with E-state index in [-0.39, 0.29) is 11.1 Å². The van der Waals surface area contributed by atoms with Crippen molar-refractivity contribution in [3.63, 3.8) is 0 Å². The molecule has 8 heteroatoms. The third-order valence-electron chi connectivity index (χ3n) is 5.61. The van der Waals surface area contributed by atoms with E-state index in [0.717, 1.165) is 30.8 Å². The van der Waals surface area contributed by atoms with Crippen molar-refractivity contribution in [3.05, 3.63) is 41.8 Å². The van der Waals surface area contributed by atoms with Crippen LogP contribution in [-0.4, -0.2) is 51.4 Å². The predicted molar refractivity (Wildman–Crippen MR) is 112 cm³/mol. The van der Waals surface area contributed by atoms with E-state index < -0.39 is 11.8 Å². The maximum atomic E-state index is 14.8. The molecule has 1 aromatic carbocycles. The van der Waals surface area contributed by atoms with E-state index in [1.165, 1.54) is 6.07 Å². The van der Waals surface area contributed by atoms with Crippen molar-refractivity contribution < 1.29 is 19.0 Å². The topological polar surface area (TPSA) is 80.5 Å². The minimum absolute atomic E-state index is 0.0404. The molecule has 0 bridgehead atoms. The number of imidazole rings is 1. The molecule has 158 valence electrons. The summed E-state index contributed by atoms with van der Waals surface area (Å²) >= 11 is 0. The normalized spacial score (nSPS) is 16.5. The van der Waals surface area contributed by atoms with Crippen LogP contribution in [-0.2, 0) is 11.3 Å². The Morgan fingerprint density at radius 3 is 2.80 bits per heavy atom. The van der Waals surface area contributed by atoms with Gasteiger partial charge in [-0.15, -0.1) is 0 Å². The van der Waals surface area contributed by atoms with Gasteiger partial charge in [0.1, 0.15) is 17.2 Å². The standard InChI is InChI=1S/C22H25FN4O3/c1-3-30-12-11-27-17-8-7-16(22(28)29)19(23)20(17)25-21(27)15-6-9-18(24-13-15)26-10-4-5-14(26)2/h6-9,13-14H,3-5,10-12H2,1-2H3,(H,28,29). The van der Waals surface area contributed by atoms with Gasteiger partial charge in [-0.1, -0.05) is 0 Å². The van der Waals surface area contributed by atoms with Gasteiger partial charge >= 0.3 is 5.97 Å². The number of pyridine rings is 1. The summed E-state index contributed by atoms with van der Waals surface area (Å²) in [5.41, 5.74) is 0.928. The van der Waals surface area contributed by atoms with Crippen LogP contribution in [0.25, 0.3) is 22.4 Å². The summed E-state index contributed by atoms with van der Waals surface area (Å²) in [6, 6.07) is 7.23. The molecule has 0 aliphatic carbocycles. The largest absolute Gasteiger partial charge is 0.478 e. The van der Waals surface area contributed by atoms with E-state index in [0.29, 0.717) is 37.1 Å². The van der Waals surface area contributed by atoms with Gasteiger partial charge in [0.2, 0.25) is 0 Å². The highest BCUT2D eigenvalue weighted by atomic mass is 19.1. The van der Waals surface area contributed by atoms with Crippen LogP contribution in [0.2, 0.25) is 0 Å². The molecule has 1 unspecified atom stereocenters. The van der Waals surface area contributed by atoms with Crippen molar-refractivity contribution >= 4 is 22.8 Å². The van der Waals surface area contributed by atoms with E-state index in [1.54, 1.807) is 12.3 Å². The first-order valence-corrected chi connectivity index (χ1v) is 10.2. The van der Waals surface area contributed by atoms with Gasteiger partial charge in [0.05, 0.1) is 17.7 Å². The number of nitrogens with zero attached hydrogens (tertiary/aromatic N) is 4. The number of rotatable bonds is 7. The molecule has 4 rings (SSSR count). The lowest BCUT2D eigenvalue weighted by Crippen LogP contribution is -2.26. The van der Waals surface area contributed by atoms with Crippen molar-refractivity contribution in [2.24, 2.45) is 0 Å². The molecule has 1 saturated heterocycles. The van der Waals surface area contributed by atoms with Crippen LogP contribution in [0, 0.1) is 5.82 Å². The molecular formula is C22H25FN4O3. The molecule has 0 saturated carbocycles. The summed E-state index contributed by atoms with van der Waals surface area (Å²) in [5, 5.41) is 9.24. The third-order valence-corrected chi connectivity index (χ3v) is 5.61. The van der Waals surface area contributed by atoms with Crippen molar-refractivity contribution in [1.29, 1.82) is 0 Å². The molecule has 1 fully saturated rings. The van der Waals surface area contributed by atoms with Gasteiger partial charge in [-0.3, -0.25) is 0 Å². The lowest BCUT2D eigenvalue weighted by atomic mass is 10.2. The van der Waals surface area contributed by atoms with Gasteiger partial charge in [0.25, 0.3) is 0 Å².